The SMILES string of the molecule is C=C(OCC(CC)(CCC(=O)C1CCCC(C)C1)COC)C1CCOC(C)C1. The second-order valence-corrected chi connectivity index (χ2v) is 9.38. The number of ether oxygens (including phenoxy) is 3. The Morgan fingerprint density at radius 2 is 1.93 bits per heavy atom. The highest BCUT2D eigenvalue weighted by molar-refractivity contribution is 5.81. The Morgan fingerprint density at radius 1 is 1.14 bits per heavy atom. The third kappa shape index (κ3) is 6.88. The van der Waals surface area contributed by atoms with Gasteiger partial charge >= 0.3 is 0 Å². The van der Waals surface area contributed by atoms with Crippen molar-refractivity contribution in [3.05, 3.63) is 12.3 Å². The molecule has 4 nitrogen and oxygen atoms in total. The van der Waals surface area contributed by atoms with Crippen LogP contribution in [0.1, 0.15) is 78.6 Å². The lowest BCUT2D eigenvalue weighted by atomic mass is 9.76. The van der Waals surface area contributed by atoms with E-state index in [0.717, 1.165) is 50.9 Å². The Morgan fingerprint density at radius 3 is 2.57 bits per heavy atom. The summed E-state index contributed by atoms with van der Waals surface area (Å²) in [6.45, 7) is 12.7. The van der Waals surface area contributed by atoms with Crippen molar-refractivity contribution in [2.45, 2.75) is 84.7 Å². The van der Waals surface area contributed by atoms with Crippen molar-refractivity contribution < 1.29 is 19.0 Å². The summed E-state index contributed by atoms with van der Waals surface area (Å²) in [5.74, 6) is 2.63. The molecule has 1 saturated heterocycles. The standard InChI is InChI=1S/C24H42O4/c1-6-24(16-26-5,12-10-23(25)22-9-7-8-18(2)14-22)17-28-20(4)21-11-13-27-19(3)15-21/h18-19,21-22H,4,6-17H2,1-3,5H3. The molecule has 28 heavy (non-hydrogen) atoms. The molecule has 4 heteroatoms. The van der Waals surface area contributed by atoms with Crippen LogP contribution in [0.15, 0.2) is 12.3 Å². The van der Waals surface area contributed by atoms with Gasteiger partial charge in [-0.3, -0.25) is 4.79 Å². The maximum Gasteiger partial charge on any atom is 0.136 e. The quantitative estimate of drug-likeness (QED) is 0.431. The van der Waals surface area contributed by atoms with Crippen molar-refractivity contribution in [2.24, 2.45) is 23.2 Å². The summed E-state index contributed by atoms with van der Waals surface area (Å²) in [4.78, 5) is 12.8. The zero-order valence-corrected chi connectivity index (χ0v) is 18.6. The van der Waals surface area contributed by atoms with E-state index in [0.29, 0.717) is 37.3 Å². The zero-order chi connectivity index (χ0) is 20.6. The van der Waals surface area contributed by atoms with E-state index in [-0.39, 0.29) is 17.4 Å². The Labute approximate surface area is 172 Å². The molecule has 1 saturated carbocycles. The minimum Gasteiger partial charge on any atom is -0.498 e. The number of ketones is 1. The third-order valence-corrected chi connectivity index (χ3v) is 7.00. The van der Waals surface area contributed by atoms with E-state index in [9.17, 15) is 4.79 Å². The Kier molecular flexibility index (Phi) is 9.49. The fraction of sp³-hybridized carbons (Fsp3) is 0.875. The molecule has 2 aliphatic rings. The van der Waals surface area contributed by atoms with Gasteiger partial charge in [-0.25, -0.2) is 0 Å². The molecule has 2 rings (SSSR count). The summed E-state index contributed by atoms with van der Waals surface area (Å²) >= 11 is 0. The predicted molar refractivity (Wildman–Crippen MR) is 113 cm³/mol. The summed E-state index contributed by atoms with van der Waals surface area (Å²) in [5, 5.41) is 0. The number of hydrogen-bond donors (Lipinski definition) is 0. The molecule has 5 unspecified atom stereocenters. The van der Waals surface area contributed by atoms with Gasteiger partial charge in [0.05, 0.1) is 25.1 Å². The molecule has 2 fully saturated rings. The van der Waals surface area contributed by atoms with Gasteiger partial charge in [-0.15, -0.1) is 0 Å². The molecule has 0 aromatic heterocycles. The molecular weight excluding hydrogens is 352 g/mol. The predicted octanol–water partition coefficient (Wildman–Crippen LogP) is 5.55. The highest BCUT2D eigenvalue weighted by Crippen LogP contribution is 2.35. The molecule has 0 N–H and O–H groups in total. The average Bonchev–Trinajstić information content (AvgIpc) is 2.69. The van der Waals surface area contributed by atoms with Crippen LogP contribution in [-0.2, 0) is 19.0 Å². The van der Waals surface area contributed by atoms with Gasteiger partial charge in [0.25, 0.3) is 0 Å². The molecule has 0 radical (unpaired) electrons. The van der Waals surface area contributed by atoms with Crippen molar-refractivity contribution in [3.63, 3.8) is 0 Å². The van der Waals surface area contributed by atoms with Crippen LogP contribution in [0.5, 0.6) is 0 Å². The zero-order valence-electron chi connectivity index (χ0n) is 18.6. The first kappa shape index (κ1) is 23.4. The van der Waals surface area contributed by atoms with Crippen molar-refractivity contribution in [1.82, 2.24) is 0 Å². The molecule has 5 atom stereocenters. The summed E-state index contributed by atoms with van der Waals surface area (Å²) < 4.78 is 17.4. The lowest BCUT2D eigenvalue weighted by molar-refractivity contribution is -0.125. The molecule has 1 aliphatic carbocycles. The monoisotopic (exact) mass is 394 g/mol. The van der Waals surface area contributed by atoms with E-state index in [1.807, 2.05) is 0 Å². The van der Waals surface area contributed by atoms with Crippen LogP contribution in [0.4, 0.5) is 0 Å². The van der Waals surface area contributed by atoms with Gasteiger partial charge in [0, 0.05) is 37.4 Å². The molecule has 1 heterocycles. The fourth-order valence-electron chi connectivity index (χ4n) is 4.85. The van der Waals surface area contributed by atoms with Gasteiger partial charge in [0.2, 0.25) is 0 Å². The van der Waals surface area contributed by atoms with Gasteiger partial charge in [-0.2, -0.15) is 0 Å². The lowest BCUT2D eigenvalue weighted by Gasteiger charge is -2.35. The minimum atomic E-state index is -0.121. The maximum atomic E-state index is 12.8. The summed E-state index contributed by atoms with van der Waals surface area (Å²) in [5.41, 5.74) is -0.121. The highest BCUT2D eigenvalue weighted by atomic mass is 16.5. The van der Waals surface area contributed by atoms with E-state index in [1.165, 1.54) is 12.8 Å². The van der Waals surface area contributed by atoms with Gasteiger partial charge in [-0.1, -0.05) is 33.3 Å². The minimum absolute atomic E-state index is 0.121. The Bertz CT molecular complexity index is 463. The van der Waals surface area contributed by atoms with Gasteiger partial charge < -0.3 is 14.2 Å². The summed E-state index contributed by atoms with van der Waals surface area (Å²) in [7, 11) is 1.74. The maximum absolute atomic E-state index is 12.8. The van der Waals surface area contributed by atoms with E-state index in [4.69, 9.17) is 14.2 Å². The van der Waals surface area contributed by atoms with Crippen LogP contribution >= 0.6 is 0 Å². The van der Waals surface area contributed by atoms with Crippen LogP contribution in [0.3, 0.4) is 0 Å². The number of hydrogen-bond acceptors (Lipinski definition) is 4. The first-order chi connectivity index (χ1) is 13.4. The second-order valence-electron chi connectivity index (χ2n) is 9.38. The number of Topliss-reactive ketones (excluding diaryl/α,β-unsaturated/α-hetero) is 1. The van der Waals surface area contributed by atoms with Crippen LogP contribution < -0.4 is 0 Å². The second kappa shape index (κ2) is 11.3. The van der Waals surface area contributed by atoms with Gasteiger partial charge in [0.15, 0.2) is 0 Å². The summed E-state index contributed by atoms with van der Waals surface area (Å²) in [6.07, 6.45) is 9.23. The Hall–Kier alpha value is -0.870. The van der Waals surface area contributed by atoms with Gasteiger partial charge in [0.1, 0.15) is 5.78 Å². The molecule has 162 valence electrons. The molecule has 0 spiro atoms. The number of methoxy groups -OCH3 is 1. The van der Waals surface area contributed by atoms with E-state index >= 15 is 0 Å². The highest BCUT2D eigenvalue weighted by Gasteiger charge is 2.33. The van der Waals surface area contributed by atoms with Crippen molar-refractivity contribution in [1.29, 1.82) is 0 Å². The van der Waals surface area contributed by atoms with Crippen molar-refractivity contribution >= 4 is 5.78 Å². The van der Waals surface area contributed by atoms with Gasteiger partial charge in [-0.05, 0) is 51.4 Å². The molecule has 0 amide bonds. The molecule has 0 bridgehead atoms. The third-order valence-electron chi connectivity index (χ3n) is 7.00. The van der Waals surface area contributed by atoms with E-state index < -0.39 is 0 Å². The van der Waals surface area contributed by atoms with Crippen LogP contribution in [-0.4, -0.2) is 38.8 Å². The first-order valence-corrected chi connectivity index (χ1v) is 11.3. The van der Waals surface area contributed by atoms with Crippen molar-refractivity contribution in [2.75, 3.05) is 26.9 Å². The van der Waals surface area contributed by atoms with Crippen LogP contribution in [0.2, 0.25) is 0 Å². The van der Waals surface area contributed by atoms with Crippen LogP contribution in [0.25, 0.3) is 0 Å². The lowest BCUT2D eigenvalue weighted by Crippen LogP contribution is -2.34. The topological polar surface area (TPSA) is 44.8 Å². The first-order valence-electron chi connectivity index (χ1n) is 11.3. The van der Waals surface area contributed by atoms with E-state index in [2.05, 4.69) is 27.4 Å². The Balaban J connectivity index is 1.89. The number of rotatable bonds is 11. The number of carbonyl (C=O) groups is 1. The molecule has 0 aromatic carbocycles. The smallest absolute Gasteiger partial charge is 0.136 e. The number of carbonyl (C=O) groups excluding carboxylic acids is 1. The molecular formula is C24H42O4. The summed E-state index contributed by atoms with van der Waals surface area (Å²) in [6, 6.07) is 0. The normalized spacial score (nSPS) is 30.4. The van der Waals surface area contributed by atoms with E-state index in [1.54, 1.807) is 7.11 Å². The van der Waals surface area contributed by atoms with Crippen LogP contribution in [0, 0.1) is 23.2 Å². The largest absolute Gasteiger partial charge is 0.498 e. The number of allylic oxidation sites excluding steroid dienone is 1. The fourth-order valence-corrected chi connectivity index (χ4v) is 4.85. The average molecular weight is 395 g/mol. The molecule has 1 aliphatic heterocycles. The molecule has 0 aromatic rings. The van der Waals surface area contributed by atoms with Crippen molar-refractivity contribution in [3.8, 4) is 0 Å².